The highest BCUT2D eigenvalue weighted by Crippen LogP contribution is 2.54. The van der Waals surface area contributed by atoms with Gasteiger partial charge in [-0.05, 0) is 73.4 Å². The van der Waals surface area contributed by atoms with Crippen LogP contribution in [0.15, 0.2) is 48.5 Å². The van der Waals surface area contributed by atoms with Gasteiger partial charge in [0.15, 0.2) is 9.84 Å². The monoisotopic (exact) mass is 563 g/mol. The molecule has 198 valence electrons. The second-order valence-electron chi connectivity index (χ2n) is 11.1. The number of nitrogens with zero attached hydrogens (tertiary/aromatic N) is 1. The molecule has 2 aromatic rings. The topological polar surface area (TPSA) is 91.8 Å². The van der Waals surface area contributed by atoms with Crippen LogP contribution in [0.5, 0.6) is 0 Å². The molecule has 3 aliphatic rings. The number of rotatable bonds is 9. The summed E-state index contributed by atoms with van der Waals surface area (Å²) >= 11 is 12.6. The van der Waals surface area contributed by atoms with Gasteiger partial charge in [0.05, 0.1) is 28.9 Å². The number of carbonyl (C=O) groups excluding carboxylic acids is 1. The van der Waals surface area contributed by atoms with Gasteiger partial charge in [0.1, 0.15) is 0 Å². The van der Waals surface area contributed by atoms with Gasteiger partial charge in [-0.25, -0.2) is 8.42 Å². The fourth-order valence-electron chi connectivity index (χ4n) is 5.97. The number of hydrogen-bond acceptors (Lipinski definition) is 4. The molecule has 2 aromatic carbocycles. The Labute approximate surface area is 227 Å². The lowest BCUT2D eigenvalue weighted by Crippen LogP contribution is -2.58. The van der Waals surface area contributed by atoms with E-state index in [4.69, 9.17) is 23.2 Å². The maximum atomic E-state index is 14.3. The van der Waals surface area contributed by atoms with Crippen LogP contribution in [0, 0.1) is 11.3 Å². The third-order valence-electron chi connectivity index (χ3n) is 8.09. The Morgan fingerprint density at radius 2 is 1.73 bits per heavy atom. The molecule has 0 spiro atoms. The van der Waals surface area contributed by atoms with Crippen molar-refractivity contribution in [1.29, 1.82) is 0 Å². The minimum atomic E-state index is -3.38. The van der Waals surface area contributed by atoms with Crippen molar-refractivity contribution in [2.75, 3.05) is 5.75 Å². The van der Waals surface area contributed by atoms with Gasteiger partial charge < -0.3 is 10.0 Å². The van der Waals surface area contributed by atoms with E-state index in [1.165, 1.54) is 0 Å². The van der Waals surface area contributed by atoms with Gasteiger partial charge in [0, 0.05) is 22.0 Å². The minimum absolute atomic E-state index is 0.0689. The Morgan fingerprint density at radius 1 is 1.05 bits per heavy atom. The molecule has 2 saturated carbocycles. The summed E-state index contributed by atoms with van der Waals surface area (Å²) in [6.45, 7) is 1.70. The third-order valence-corrected chi connectivity index (χ3v) is 10.9. The van der Waals surface area contributed by atoms with E-state index in [9.17, 15) is 23.1 Å². The molecule has 5 rings (SSSR count). The van der Waals surface area contributed by atoms with Crippen molar-refractivity contribution in [2.45, 2.75) is 68.7 Å². The van der Waals surface area contributed by atoms with E-state index in [-0.39, 0.29) is 35.2 Å². The molecule has 1 saturated heterocycles. The van der Waals surface area contributed by atoms with Crippen LogP contribution in [0.2, 0.25) is 10.0 Å². The minimum Gasteiger partial charge on any atom is -0.481 e. The quantitative estimate of drug-likeness (QED) is 0.410. The first-order chi connectivity index (χ1) is 17.5. The lowest BCUT2D eigenvalue weighted by Gasteiger charge is -2.52. The Morgan fingerprint density at radius 3 is 2.30 bits per heavy atom. The number of aliphatic carboxylic acids is 1. The van der Waals surface area contributed by atoms with Crippen LogP contribution in [0.4, 0.5) is 0 Å². The molecule has 37 heavy (non-hydrogen) atoms. The molecule has 6 nitrogen and oxygen atoms in total. The van der Waals surface area contributed by atoms with Crippen LogP contribution in [0.1, 0.15) is 68.5 Å². The zero-order valence-electron chi connectivity index (χ0n) is 20.6. The van der Waals surface area contributed by atoms with Gasteiger partial charge >= 0.3 is 5.97 Å². The van der Waals surface area contributed by atoms with Gasteiger partial charge in [0.2, 0.25) is 5.91 Å². The van der Waals surface area contributed by atoms with E-state index in [1.807, 2.05) is 30.3 Å². The highest BCUT2D eigenvalue weighted by atomic mass is 35.5. The van der Waals surface area contributed by atoms with Gasteiger partial charge in [-0.1, -0.05) is 54.4 Å². The molecule has 1 unspecified atom stereocenters. The Balaban J connectivity index is 1.68. The van der Waals surface area contributed by atoms with E-state index < -0.39 is 33.3 Å². The average Bonchev–Trinajstić information content (AvgIpc) is 3.72. The highest BCUT2D eigenvalue weighted by molar-refractivity contribution is 7.92. The predicted octanol–water partition coefficient (Wildman–Crippen LogP) is 5.89. The number of benzene rings is 2. The standard InChI is InChI=1S/C28H31Cl2NO5S/c1-28(15-25(32)33)14-23(19-3-2-4-21(30)13-19)26(18-7-9-20(29)10-8-18)31(27(28)34)24(17-5-6-17)16-37(35,36)22-11-12-22/h2-4,7-10,13,17,22-24,26H,5-6,11-12,14-16H2,1H3,(H,32,33)/t23-,24?,26-,28-/m1/s1. The number of sulfone groups is 1. The Kier molecular flexibility index (Phi) is 7.09. The summed E-state index contributed by atoms with van der Waals surface area (Å²) in [6.07, 6.45) is 2.99. The fraction of sp³-hybridized carbons (Fsp3) is 0.500. The van der Waals surface area contributed by atoms with Crippen molar-refractivity contribution < 1.29 is 23.1 Å². The van der Waals surface area contributed by atoms with Crippen LogP contribution in [0.25, 0.3) is 0 Å². The first kappa shape index (κ1) is 26.5. The molecular weight excluding hydrogens is 533 g/mol. The van der Waals surface area contributed by atoms with Crippen molar-refractivity contribution in [3.63, 3.8) is 0 Å². The largest absolute Gasteiger partial charge is 0.481 e. The maximum absolute atomic E-state index is 14.3. The number of hydrogen-bond donors (Lipinski definition) is 1. The van der Waals surface area contributed by atoms with Crippen molar-refractivity contribution in [1.82, 2.24) is 4.90 Å². The van der Waals surface area contributed by atoms with Crippen molar-refractivity contribution in [3.05, 3.63) is 69.7 Å². The normalized spacial score (nSPS) is 27.2. The number of carbonyl (C=O) groups is 2. The van der Waals surface area contributed by atoms with Gasteiger partial charge in [-0.15, -0.1) is 0 Å². The lowest BCUT2D eigenvalue weighted by molar-refractivity contribution is -0.160. The number of carboxylic acid groups (broad SMARTS) is 1. The summed E-state index contributed by atoms with van der Waals surface area (Å²) in [4.78, 5) is 28.0. The lowest BCUT2D eigenvalue weighted by atomic mass is 9.67. The molecule has 0 aromatic heterocycles. The summed E-state index contributed by atoms with van der Waals surface area (Å²) in [5.74, 6) is -1.66. The summed E-state index contributed by atoms with van der Waals surface area (Å²) in [7, 11) is -3.38. The number of carboxylic acids is 1. The summed E-state index contributed by atoms with van der Waals surface area (Å²) in [5.41, 5.74) is 0.536. The van der Waals surface area contributed by atoms with E-state index >= 15 is 0 Å². The molecule has 0 bridgehead atoms. The number of likely N-dealkylation sites (tertiary alicyclic amines) is 1. The van der Waals surface area contributed by atoms with Crippen molar-refractivity contribution >= 4 is 44.9 Å². The van der Waals surface area contributed by atoms with E-state index in [0.717, 1.165) is 24.0 Å². The average molecular weight is 565 g/mol. The Hall–Kier alpha value is -2.09. The van der Waals surface area contributed by atoms with Crippen LogP contribution in [0.3, 0.4) is 0 Å². The van der Waals surface area contributed by atoms with Crippen LogP contribution in [-0.2, 0) is 19.4 Å². The maximum Gasteiger partial charge on any atom is 0.304 e. The summed E-state index contributed by atoms with van der Waals surface area (Å²) in [6, 6.07) is 13.7. The number of halogens is 2. The third kappa shape index (κ3) is 5.55. The molecule has 1 heterocycles. The van der Waals surface area contributed by atoms with Crippen LogP contribution in [-0.4, -0.2) is 47.3 Å². The van der Waals surface area contributed by atoms with Crippen LogP contribution >= 0.6 is 23.2 Å². The molecule has 1 N–H and O–H groups in total. The highest BCUT2D eigenvalue weighted by Gasteiger charge is 2.55. The molecule has 4 atom stereocenters. The van der Waals surface area contributed by atoms with E-state index in [0.29, 0.717) is 29.3 Å². The second kappa shape index (κ2) is 9.90. The first-order valence-electron chi connectivity index (χ1n) is 12.8. The SMILES string of the molecule is C[C@]1(CC(=O)O)C[C@H](c2cccc(Cl)c2)[C@@H](c2ccc(Cl)cc2)N(C(CS(=O)(=O)C2CC2)C2CC2)C1=O. The van der Waals surface area contributed by atoms with Gasteiger partial charge in [-0.3, -0.25) is 9.59 Å². The summed E-state index contributed by atoms with van der Waals surface area (Å²) < 4.78 is 26.5. The fourth-order valence-corrected chi connectivity index (χ4v) is 8.33. The van der Waals surface area contributed by atoms with Gasteiger partial charge in [-0.2, -0.15) is 0 Å². The molecule has 3 fully saturated rings. The summed E-state index contributed by atoms with van der Waals surface area (Å²) in [5, 5.41) is 10.5. The molecule has 1 aliphatic heterocycles. The molecular formula is C28H31Cl2NO5S. The van der Waals surface area contributed by atoms with E-state index in [2.05, 4.69) is 0 Å². The molecule has 0 radical (unpaired) electrons. The van der Waals surface area contributed by atoms with Crippen LogP contribution < -0.4 is 0 Å². The Bertz CT molecular complexity index is 1310. The second-order valence-corrected chi connectivity index (χ2v) is 14.3. The molecule has 2 aliphatic carbocycles. The van der Waals surface area contributed by atoms with E-state index in [1.54, 1.807) is 30.0 Å². The predicted molar refractivity (Wildman–Crippen MR) is 144 cm³/mol. The van der Waals surface area contributed by atoms with Crippen molar-refractivity contribution in [3.8, 4) is 0 Å². The first-order valence-corrected chi connectivity index (χ1v) is 15.2. The molecule has 1 amide bonds. The van der Waals surface area contributed by atoms with Crippen molar-refractivity contribution in [2.24, 2.45) is 11.3 Å². The zero-order chi connectivity index (χ0) is 26.5. The number of amides is 1. The smallest absolute Gasteiger partial charge is 0.304 e. The number of piperidine rings is 1. The zero-order valence-corrected chi connectivity index (χ0v) is 23.0. The van der Waals surface area contributed by atoms with Gasteiger partial charge in [0.25, 0.3) is 0 Å². The molecule has 9 heteroatoms.